The first-order chi connectivity index (χ1) is 9.04. The fraction of sp³-hybridized carbons (Fsp3) is 0.250. The molecule has 7 heteroatoms. The first kappa shape index (κ1) is 13.7. The van der Waals surface area contributed by atoms with Crippen molar-refractivity contribution in [1.82, 2.24) is 15.0 Å². The Morgan fingerprint density at radius 2 is 2.26 bits per heavy atom. The number of rotatable bonds is 5. The molecule has 19 heavy (non-hydrogen) atoms. The van der Waals surface area contributed by atoms with Crippen LogP contribution < -0.4 is 0 Å². The van der Waals surface area contributed by atoms with Gasteiger partial charge in [-0.1, -0.05) is 11.3 Å². The van der Waals surface area contributed by atoms with Gasteiger partial charge in [0.25, 0.3) is 0 Å². The van der Waals surface area contributed by atoms with E-state index in [1.165, 1.54) is 6.07 Å². The van der Waals surface area contributed by atoms with Gasteiger partial charge in [0.2, 0.25) is 0 Å². The molecule has 2 aromatic rings. The highest BCUT2D eigenvalue weighted by Gasteiger charge is 2.06. The van der Waals surface area contributed by atoms with Crippen molar-refractivity contribution in [3.8, 4) is 0 Å². The number of hydrogen-bond donors (Lipinski definition) is 1. The summed E-state index contributed by atoms with van der Waals surface area (Å²) in [5.74, 6) is -1.18. The van der Waals surface area contributed by atoms with Crippen LogP contribution in [0.15, 0.2) is 28.9 Å². The molecule has 0 aliphatic carbocycles. The van der Waals surface area contributed by atoms with Gasteiger partial charge < -0.3 is 5.11 Å². The summed E-state index contributed by atoms with van der Waals surface area (Å²) in [5.41, 5.74) is 1.51. The first-order valence-corrected chi connectivity index (χ1v) is 6.38. The summed E-state index contributed by atoms with van der Waals surface area (Å²) >= 11 is 3.12. The fourth-order valence-corrected chi connectivity index (χ4v) is 2.02. The fourth-order valence-electron chi connectivity index (χ4n) is 1.59. The van der Waals surface area contributed by atoms with Crippen LogP contribution in [0.2, 0.25) is 0 Å². The van der Waals surface area contributed by atoms with E-state index in [4.69, 9.17) is 5.11 Å². The maximum atomic E-state index is 13.1. The highest BCUT2D eigenvalue weighted by molar-refractivity contribution is 9.10. The van der Waals surface area contributed by atoms with Crippen molar-refractivity contribution >= 4 is 21.9 Å². The van der Waals surface area contributed by atoms with E-state index in [1.54, 1.807) is 23.0 Å². The summed E-state index contributed by atoms with van der Waals surface area (Å²) in [6.45, 7) is 0.457. The van der Waals surface area contributed by atoms with E-state index < -0.39 is 5.97 Å². The molecule has 2 rings (SSSR count). The van der Waals surface area contributed by atoms with Crippen molar-refractivity contribution in [3.63, 3.8) is 0 Å². The van der Waals surface area contributed by atoms with Crippen molar-refractivity contribution in [2.75, 3.05) is 0 Å². The monoisotopic (exact) mass is 327 g/mol. The van der Waals surface area contributed by atoms with Gasteiger partial charge in [-0.3, -0.25) is 4.79 Å². The van der Waals surface area contributed by atoms with E-state index in [-0.39, 0.29) is 12.2 Å². The lowest BCUT2D eigenvalue weighted by Crippen LogP contribution is -2.00. The van der Waals surface area contributed by atoms with Crippen molar-refractivity contribution in [1.29, 1.82) is 0 Å². The summed E-state index contributed by atoms with van der Waals surface area (Å²) in [6, 6.07) is 4.72. The van der Waals surface area contributed by atoms with Crippen molar-refractivity contribution in [3.05, 3.63) is 45.9 Å². The van der Waals surface area contributed by atoms with E-state index in [0.29, 0.717) is 23.1 Å². The van der Waals surface area contributed by atoms with Crippen LogP contribution in [0, 0.1) is 5.82 Å². The molecule has 1 N–H and O–H groups in total. The zero-order valence-corrected chi connectivity index (χ0v) is 11.5. The van der Waals surface area contributed by atoms with E-state index in [0.717, 1.165) is 5.56 Å². The number of nitrogens with zero attached hydrogens (tertiary/aromatic N) is 3. The summed E-state index contributed by atoms with van der Waals surface area (Å²) in [5, 5.41) is 16.4. The van der Waals surface area contributed by atoms with Crippen LogP contribution >= 0.6 is 15.9 Å². The molecule has 0 amide bonds. The maximum absolute atomic E-state index is 13.1. The van der Waals surface area contributed by atoms with E-state index in [2.05, 4.69) is 26.2 Å². The lowest BCUT2D eigenvalue weighted by molar-refractivity contribution is -0.136. The third kappa shape index (κ3) is 3.85. The zero-order chi connectivity index (χ0) is 13.8. The Morgan fingerprint density at radius 3 is 2.95 bits per heavy atom. The number of halogens is 2. The molecule has 0 spiro atoms. The lowest BCUT2D eigenvalue weighted by atomic mass is 10.2. The molecule has 1 aromatic heterocycles. The standard InChI is InChI=1S/C12H11BrFN3O2/c13-10-5-8(1-3-11(10)14)6-17-7-9(15-16-17)2-4-12(18)19/h1,3,5,7H,2,4,6H2,(H,18,19). The molecule has 0 saturated heterocycles. The number of carboxylic acid groups (broad SMARTS) is 1. The molecule has 0 radical (unpaired) electrons. The molecule has 0 aliphatic heterocycles. The Hall–Kier alpha value is -1.76. The molecule has 0 bridgehead atoms. The van der Waals surface area contributed by atoms with Gasteiger partial charge in [-0.25, -0.2) is 9.07 Å². The van der Waals surface area contributed by atoms with Crippen LogP contribution in [-0.4, -0.2) is 26.1 Å². The average Bonchev–Trinajstić information content (AvgIpc) is 2.79. The Kier molecular flexibility index (Phi) is 4.26. The number of carboxylic acids is 1. The average molecular weight is 328 g/mol. The van der Waals surface area contributed by atoms with Crippen LogP contribution in [-0.2, 0) is 17.8 Å². The smallest absolute Gasteiger partial charge is 0.303 e. The molecule has 1 heterocycles. The number of benzene rings is 1. The van der Waals surface area contributed by atoms with Crippen molar-refractivity contribution in [2.24, 2.45) is 0 Å². The third-order valence-corrected chi connectivity index (χ3v) is 3.12. The van der Waals surface area contributed by atoms with E-state index in [9.17, 15) is 9.18 Å². The lowest BCUT2D eigenvalue weighted by Gasteiger charge is -2.02. The molecular formula is C12H11BrFN3O2. The summed E-state index contributed by atoms with van der Waals surface area (Å²) in [4.78, 5) is 10.4. The Labute approximate surface area is 117 Å². The molecule has 0 atom stereocenters. The largest absolute Gasteiger partial charge is 0.481 e. The van der Waals surface area contributed by atoms with Gasteiger partial charge in [-0.05, 0) is 33.6 Å². The van der Waals surface area contributed by atoms with Gasteiger partial charge in [0.1, 0.15) is 5.82 Å². The Morgan fingerprint density at radius 1 is 1.47 bits per heavy atom. The van der Waals surface area contributed by atoms with Gasteiger partial charge in [-0.2, -0.15) is 0 Å². The molecule has 100 valence electrons. The molecule has 0 saturated carbocycles. The van der Waals surface area contributed by atoms with Gasteiger partial charge in [-0.15, -0.1) is 5.10 Å². The van der Waals surface area contributed by atoms with Crippen molar-refractivity contribution < 1.29 is 14.3 Å². The topological polar surface area (TPSA) is 68.0 Å². The minimum Gasteiger partial charge on any atom is -0.481 e. The Bertz CT molecular complexity index is 600. The van der Waals surface area contributed by atoms with Crippen LogP contribution in [0.1, 0.15) is 17.7 Å². The van der Waals surface area contributed by atoms with Crippen LogP contribution in [0.4, 0.5) is 4.39 Å². The SMILES string of the molecule is O=C(O)CCc1cn(Cc2ccc(F)c(Br)c2)nn1. The number of carbonyl (C=O) groups is 1. The third-order valence-electron chi connectivity index (χ3n) is 2.51. The quantitative estimate of drug-likeness (QED) is 0.914. The van der Waals surface area contributed by atoms with Gasteiger partial charge >= 0.3 is 5.97 Å². The molecule has 0 fully saturated rings. The van der Waals surface area contributed by atoms with E-state index >= 15 is 0 Å². The van der Waals surface area contributed by atoms with Crippen LogP contribution in [0.25, 0.3) is 0 Å². The predicted octanol–water partition coefficient (Wildman–Crippen LogP) is 2.25. The highest BCUT2D eigenvalue weighted by atomic mass is 79.9. The normalized spacial score (nSPS) is 10.6. The number of aliphatic carboxylic acids is 1. The van der Waals surface area contributed by atoms with Crippen LogP contribution in [0.3, 0.4) is 0 Å². The highest BCUT2D eigenvalue weighted by Crippen LogP contribution is 2.17. The predicted molar refractivity (Wildman–Crippen MR) is 69.2 cm³/mol. The van der Waals surface area contributed by atoms with Crippen molar-refractivity contribution in [2.45, 2.75) is 19.4 Å². The molecule has 0 aliphatic rings. The summed E-state index contributed by atoms with van der Waals surface area (Å²) in [7, 11) is 0. The minimum atomic E-state index is -0.864. The second-order valence-electron chi connectivity index (χ2n) is 4.05. The molecule has 5 nitrogen and oxygen atoms in total. The van der Waals surface area contributed by atoms with Gasteiger partial charge in [0, 0.05) is 12.6 Å². The maximum Gasteiger partial charge on any atom is 0.303 e. The molecule has 1 aromatic carbocycles. The first-order valence-electron chi connectivity index (χ1n) is 5.59. The summed E-state index contributed by atoms with van der Waals surface area (Å²) < 4.78 is 15.1. The Balaban J connectivity index is 2.02. The van der Waals surface area contributed by atoms with E-state index in [1.807, 2.05) is 0 Å². The minimum absolute atomic E-state index is 0.0286. The van der Waals surface area contributed by atoms with Gasteiger partial charge in [0.15, 0.2) is 0 Å². The second kappa shape index (κ2) is 5.92. The number of aromatic nitrogens is 3. The molecular weight excluding hydrogens is 317 g/mol. The number of hydrogen-bond acceptors (Lipinski definition) is 3. The molecule has 0 unspecified atom stereocenters. The number of aryl methyl sites for hydroxylation is 1. The zero-order valence-electron chi connectivity index (χ0n) is 9.88. The second-order valence-corrected chi connectivity index (χ2v) is 4.90. The van der Waals surface area contributed by atoms with Gasteiger partial charge in [0.05, 0.1) is 23.1 Å². The summed E-state index contributed by atoms with van der Waals surface area (Å²) in [6.07, 6.45) is 2.07. The van der Waals surface area contributed by atoms with Crippen LogP contribution in [0.5, 0.6) is 0 Å².